The van der Waals surface area contributed by atoms with Crippen molar-refractivity contribution < 1.29 is 4.79 Å². The lowest BCUT2D eigenvalue weighted by Crippen LogP contribution is -2.42. The van der Waals surface area contributed by atoms with Crippen LogP contribution in [0.3, 0.4) is 0 Å². The van der Waals surface area contributed by atoms with Crippen LogP contribution in [0.15, 0.2) is 42.6 Å². The zero-order valence-electron chi connectivity index (χ0n) is 15.0. The maximum atomic E-state index is 12.3. The van der Waals surface area contributed by atoms with Crippen LogP contribution < -0.4 is 0 Å². The third-order valence-electron chi connectivity index (χ3n) is 4.58. The van der Waals surface area contributed by atoms with Gasteiger partial charge in [-0.25, -0.2) is 0 Å². The van der Waals surface area contributed by atoms with E-state index in [4.69, 9.17) is 11.6 Å². The van der Waals surface area contributed by atoms with Crippen LogP contribution in [0.1, 0.15) is 37.6 Å². The number of benzene rings is 1. The Morgan fingerprint density at radius 3 is 2.58 bits per heavy atom. The molecule has 3 nitrogen and oxygen atoms in total. The fourth-order valence-electron chi connectivity index (χ4n) is 2.82. The minimum atomic E-state index is -0.0128. The minimum absolute atomic E-state index is 0.0128. The molecule has 1 atom stereocenters. The molecule has 0 saturated heterocycles. The maximum Gasteiger partial charge on any atom is 0.238 e. The Hall–Kier alpha value is -1.74. The van der Waals surface area contributed by atoms with Crippen molar-refractivity contribution in [3.63, 3.8) is 0 Å². The molecule has 0 aliphatic rings. The number of amides is 1. The van der Waals surface area contributed by atoms with Crippen LogP contribution in [-0.2, 0) is 17.9 Å². The van der Waals surface area contributed by atoms with E-state index in [2.05, 4.69) is 68.8 Å². The Labute approximate surface area is 150 Å². The minimum Gasteiger partial charge on any atom is -0.345 e. The van der Waals surface area contributed by atoms with E-state index < -0.39 is 0 Å². The molecule has 0 fully saturated rings. The molecule has 130 valence electrons. The van der Waals surface area contributed by atoms with Crippen LogP contribution in [0.25, 0.3) is 0 Å². The van der Waals surface area contributed by atoms with Crippen molar-refractivity contribution in [3.8, 4) is 0 Å². The molecule has 0 spiro atoms. The second kappa shape index (κ2) is 8.39. The van der Waals surface area contributed by atoms with Crippen LogP contribution in [0.2, 0.25) is 0 Å². The fraction of sp³-hybridized carbons (Fsp3) is 0.450. The lowest BCUT2D eigenvalue weighted by Gasteiger charge is -2.32. The van der Waals surface area contributed by atoms with Gasteiger partial charge >= 0.3 is 0 Å². The molecule has 24 heavy (non-hydrogen) atoms. The van der Waals surface area contributed by atoms with E-state index in [9.17, 15) is 4.79 Å². The number of carbonyl (C=O) groups is 1. The Kier molecular flexibility index (Phi) is 6.50. The van der Waals surface area contributed by atoms with Gasteiger partial charge in [-0.05, 0) is 37.5 Å². The number of alkyl halides is 1. The Bertz CT molecular complexity index is 678. The number of carbonyl (C=O) groups excluding carboxylic acids is 1. The van der Waals surface area contributed by atoms with Gasteiger partial charge in [-0.1, -0.05) is 43.7 Å². The number of hydrogen-bond donors (Lipinski definition) is 0. The molecular weight excluding hydrogens is 320 g/mol. The smallest absolute Gasteiger partial charge is 0.238 e. The van der Waals surface area contributed by atoms with E-state index in [1.807, 2.05) is 11.0 Å². The van der Waals surface area contributed by atoms with E-state index in [1.165, 1.54) is 11.1 Å². The number of rotatable bonds is 7. The van der Waals surface area contributed by atoms with Gasteiger partial charge in [-0.3, -0.25) is 4.79 Å². The van der Waals surface area contributed by atoms with Crippen molar-refractivity contribution in [2.24, 2.45) is 5.92 Å². The molecule has 0 unspecified atom stereocenters. The highest BCUT2D eigenvalue weighted by atomic mass is 35.5. The first-order chi connectivity index (χ1) is 11.4. The molecule has 1 aromatic heterocycles. The van der Waals surface area contributed by atoms with Gasteiger partial charge in [0.1, 0.15) is 5.88 Å². The predicted octanol–water partition coefficient (Wildman–Crippen LogP) is 4.46. The standard InChI is InChI=1S/C20H27ClN2O/c1-15(2)17(4)23(20(24)12-21)14-19-9-6-10-22(19)13-18-8-5-7-16(3)11-18/h5-11,15,17H,12-14H2,1-4H3/t17-/m0/s1. The molecule has 1 amide bonds. The summed E-state index contributed by atoms with van der Waals surface area (Å²) in [5.41, 5.74) is 3.65. The summed E-state index contributed by atoms with van der Waals surface area (Å²) in [4.78, 5) is 14.2. The summed E-state index contributed by atoms with van der Waals surface area (Å²) in [7, 11) is 0. The lowest BCUT2D eigenvalue weighted by atomic mass is 10.0. The average molecular weight is 347 g/mol. The second-order valence-electron chi connectivity index (χ2n) is 6.76. The van der Waals surface area contributed by atoms with Crippen LogP contribution >= 0.6 is 11.6 Å². The summed E-state index contributed by atoms with van der Waals surface area (Å²) in [5, 5.41) is 0. The first kappa shape index (κ1) is 18.6. The molecule has 2 aromatic rings. The van der Waals surface area contributed by atoms with Gasteiger partial charge in [0.05, 0.1) is 6.54 Å². The summed E-state index contributed by atoms with van der Waals surface area (Å²) in [6.45, 7) is 9.84. The molecule has 0 bridgehead atoms. The molecule has 0 aliphatic carbocycles. The summed E-state index contributed by atoms with van der Waals surface area (Å²) >= 11 is 5.82. The van der Waals surface area contributed by atoms with Crippen molar-refractivity contribution in [2.45, 2.75) is 46.8 Å². The first-order valence-corrected chi connectivity index (χ1v) is 9.00. The number of nitrogens with zero attached hydrogens (tertiary/aromatic N) is 2. The first-order valence-electron chi connectivity index (χ1n) is 8.47. The predicted molar refractivity (Wildman–Crippen MR) is 100 cm³/mol. The Morgan fingerprint density at radius 2 is 1.96 bits per heavy atom. The molecule has 1 aromatic carbocycles. The quantitative estimate of drug-likeness (QED) is 0.679. The highest BCUT2D eigenvalue weighted by Gasteiger charge is 2.23. The van der Waals surface area contributed by atoms with Crippen LogP contribution in [0.5, 0.6) is 0 Å². The van der Waals surface area contributed by atoms with Gasteiger partial charge in [0.25, 0.3) is 0 Å². The largest absolute Gasteiger partial charge is 0.345 e. The lowest BCUT2D eigenvalue weighted by molar-refractivity contribution is -0.132. The zero-order valence-corrected chi connectivity index (χ0v) is 15.8. The highest BCUT2D eigenvalue weighted by Crippen LogP contribution is 2.17. The normalized spacial score (nSPS) is 12.4. The molecule has 0 N–H and O–H groups in total. The summed E-state index contributed by atoms with van der Waals surface area (Å²) in [6, 6.07) is 12.8. The molecule has 0 radical (unpaired) electrons. The van der Waals surface area contributed by atoms with Gasteiger partial charge in [0, 0.05) is 24.5 Å². The zero-order chi connectivity index (χ0) is 17.7. The maximum absolute atomic E-state index is 12.3. The van der Waals surface area contributed by atoms with E-state index >= 15 is 0 Å². The third-order valence-corrected chi connectivity index (χ3v) is 4.81. The van der Waals surface area contributed by atoms with Crippen LogP contribution in [0.4, 0.5) is 0 Å². The Morgan fingerprint density at radius 1 is 1.21 bits per heavy atom. The number of aryl methyl sites for hydroxylation is 1. The summed E-state index contributed by atoms with van der Waals surface area (Å²) in [6.07, 6.45) is 2.07. The van der Waals surface area contributed by atoms with Crippen molar-refractivity contribution in [1.29, 1.82) is 0 Å². The van der Waals surface area contributed by atoms with Gasteiger partial charge in [0.15, 0.2) is 0 Å². The second-order valence-corrected chi connectivity index (χ2v) is 7.02. The van der Waals surface area contributed by atoms with Crippen LogP contribution in [-0.4, -0.2) is 27.3 Å². The van der Waals surface area contributed by atoms with E-state index in [0.29, 0.717) is 12.5 Å². The van der Waals surface area contributed by atoms with E-state index in [1.54, 1.807) is 0 Å². The molecule has 4 heteroatoms. The summed E-state index contributed by atoms with van der Waals surface area (Å²) in [5.74, 6) is 0.397. The van der Waals surface area contributed by atoms with Crippen molar-refractivity contribution in [2.75, 3.05) is 5.88 Å². The van der Waals surface area contributed by atoms with Crippen LogP contribution in [0, 0.1) is 12.8 Å². The topological polar surface area (TPSA) is 25.2 Å². The number of aromatic nitrogens is 1. The molecule has 2 rings (SSSR count). The van der Waals surface area contributed by atoms with E-state index in [-0.39, 0.29) is 17.8 Å². The van der Waals surface area contributed by atoms with Gasteiger partial charge in [-0.15, -0.1) is 11.6 Å². The van der Waals surface area contributed by atoms with Gasteiger partial charge in [-0.2, -0.15) is 0 Å². The average Bonchev–Trinajstić information content (AvgIpc) is 2.98. The van der Waals surface area contributed by atoms with Crippen molar-refractivity contribution in [1.82, 2.24) is 9.47 Å². The number of halogens is 1. The summed E-state index contributed by atoms with van der Waals surface area (Å²) < 4.78 is 2.20. The molecule has 1 heterocycles. The SMILES string of the molecule is Cc1cccc(Cn2cccc2CN(C(=O)CCl)[C@@H](C)C(C)C)c1. The van der Waals surface area contributed by atoms with Gasteiger partial charge in [0.2, 0.25) is 5.91 Å². The van der Waals surface area contributed by atoms with Gasteiger partial charge < -0.3 is 9.47 Å². The van der Waals surface area contributed by atoms with Crippen molar-refractivity contribution >= 4 is 17.5 Å². The molecular formula is C20H27ClN2O. The molecule has 0 aliphatic heterocycles. The van der Waals surface area contributed by atoms with Crippen molar-refractivity contribution in [3.05, 3.63) is 59.4 Å². The third kappa shape index (κ3) is 4.64. The van der Waals surface area contributed by atoms with E-state index in [0.717, 1.165) is 12.2 Å². The fourth-order valence-corrected chi connectivity index (χ4v) is 2.98. The Balaban J connectivity index is 2.20. The monoisotopic (exact) mass is 346 g/mol. The number of hydrogen-bond acceptors (Lipinski definition) is 1. The highest BCUT2D eigenvalue weighted by molar-refractivity contribution is 6.27. The molecule has 0 saturated carbocycles.